The predicted molar refractivity (Wildman–Crippen MR) is 80.4 cm³/mol. The lowest BCUT2D eigenvalue weighted by Gasteiger charge is -2.06. The second-order valence-corrected chi connectivity index (χ2v) is 4.29. The van der Waals surface area contributed by atoms with Crippen molar-refractivity contribution < 1.29 is 9.53 Å². The van der Waals surface area contributed by atoms with Gasteiger partial charge in [0, 0.05) is 32.2 Å². The number of aryl methyl sites for hydroxylation is 1. The third-order valence-corrected chi connectivity index (χ3v) is 2.68. The molecule has 0 fully saturated rings. The van der Waals surface area contributed by atoms with Crippen LogP contribution in [0.25, 0.3) is 0 Å². The van der Waals surface area contributed by atoms with Crippen molar-refractivity contribution in [3.05, 3.63) is 35.7 Å². The Balaban J connectivity index is 2.50. The minimum atomic E-state index is -0.407. The number of hydrogen-bond acceptors (Lipinski definition) is 5. The molecule has 0 aromatic carbocycles. The molecule has 1 aromatic rings. The SMILES string of the molecule is CCOCCCNC(=O)/C(C#N)=C\Nc1ncccc1C. The van der Waals surface area contributed by atoms with E-state index in [-0.39, 0.29) is 5.57 Å². The fraction of sp³-hybridized carbons (Fsp3) is 0.400. The summed E-state index contributed by atoms with van der Waals surface area (Å²) in [6, 6.07) is 5.58. The predicted octanol–water partition coefficient (Wildman–Crippen LogP) is 1.75. The molecule has 0 aliphatic rings. The number of carbonyl (C=O) groups is 1. The number of carbonyl (C=O) groups excluding carboxylic acids is 1. The smallest absolute Gasteiger partial charge is 0.263 e. The van der Waals surface area contributed by atoms with E-state index in [9.17, 15) is 4.79 Å². The summed E-state index contributed by atoms with van der Waals surface area (Å²) in [5, 5.41) is 14.6. The van der Waals surface area contributed by atoms with Crippen LogP contribution < -0.4 is 10.6 Å². The molecule has 112 valence electrons. The summed E-state index contributed by atoms with van der Waals surface area (Å²) in [5.41, 5.74) is 0.944. The van der Waals surface area contributed by atoms with Crippen molar-refractivity contribution in [2.75, 3.05) is 25.1 Å². The van der Waals surface area contributed by atoms with Crippen LogP contribution in [-0.4, -0.2) is 30.6 Å². The molecule has 0 atom stereocenters. The van der Waals surface area contributed by atoms with Crippen LogP contribution in [0.5, 0.6) is 0 Å². The normalized spacial score (nSPS) is 10.8. The fourth-order valence-electron chi connectivity index (χ4n) is 1.54. The third-order valence-electron chi connectivity index (χ3n) is 2.68. The maximum atomic E-state index is 11.8. The fourth-order valence-corrected chi connectivity index (χ4v) is 1.54. The van der Waals surface area contributed by atoms with Crippen molar-refractivity contribution in [3.8, 4) is 6.07 Å². The first-order valence-electron chi connectivity index (χ1n) is 6.83. The summed E-state index contributed by atoms with van der Waals surface area (Å²) in [6.45, 7) is 5.53. The first-order chi connectivity index (χ1) is 10.2. The molecule has 6 nitrogen and oxygen atoms in total. The molecule has 0 radical (unpaired) electrons. The van der Waals surface area contributed by atoms with Crippen LogP contribution >= 0.6 is 0 Å². The Labute approximate surface area is 124 Å². The summed E-state index contributed by atoms with van der Waals surface area (Å²) >= 11 is 0. The van der Waals surface area contributed by atoms with Gasteiger partial charge in [0.15, 0.2) is 0 Å². The van der Waals surface area contributed by atoms with Crippen LogP contribution in [0.15, 0.2) is 30.1 Å². The molecule has 1 heterocycles. The number of ether oxygens (including phenoxy) is 1. The van der Waals surface area contributed by atoms with E-state index in [0.717, 1.165) is 5.56 Å². The van der Waals surface area contributed by atoms with Crippen LogP contribution in [0.1, 0.15) is 18.9 Å². The van der Waals surface area contributed by atoms with Crippen molar-refractivity contribution in [1.82, 2.24) is 10.3 Å². The zero-order valence-corrected chi connectivity index (χ0v) is 12.3. The lowest BCUT2D eigenvalue weighted by molar-refractivity contribution is -0.117. The second kappa shape index (κ2) is 9.50. The monoisotopic (exact) mass is 288 g/mol. The highest BCUT2D eigenvalue weighted by molar-refractivity contribution is 5.97. The Morgan fingerprint density at radius 1 is 1.57 bits per heavy atom. The average molecular weight is 288 g/mol. The summed E-state index contributed by atoms with van der Waals surface area (Å²) < 4.78 is 5.17. The zero-order chi connectivity index (χ0) is 15.5. The lowest BCUT2D eigenvalue weighted by Crippen LogP contribution is -2.26. The first kappa shape index (κ1) is 16.7. The van der Waals surface area contributed by atoms with Crippen LogP contribution in [0.4, 0.5) is 5.82 Å². The topological polar surface area (TPSA) is 87.0 Å². The number of nitrogens with one attached hydrogen (secondary N) is 2. The van der Waals surface area contributed by atoms with Gasteiger partial charge in [0.1, 0.15) is 17.5 Å². The number of amides is 1. The van der Waals surface area contributed by atoms with E-state index < -0.39 is 5.91 Å². The third kappa shape index (κ3) is 6.06. The molecule has 1 rings (SSSR count). The molecule has 0 saturated carbocycles. The van der Waals surface area contributed by atoms with E-state index in [1.807, 2.05) is 32.0 Å². The summed E-state index contributed by atoms with van der Waals surface area (Å²) in [5.74, 6) is 0.212. The highest BCUT2D eigenvalue weighted by Gasteiger charge is 2.08. The van der Waals surface area contributed by atoms with E-state index >= 15 is 0 Å². The van der Waals surface area contributed by atoms with Gasteiger partial charge >= 0.3 is 0 Å². The van der Waals surface area contributed by atoms with Crippen LogP contribution in [0, 0.1) is 18.3 Å². The molecule has 2 N–H and O–H groups in total. The van der Waals surface area contributed by atoms with Crippen molar-refractivity contribution >= 4 is 11.7 Å². The first-order valence-corrected chi connectivity index (χ1v) is 6.83. The maximum Gasteiger partial charge on any atom is 0.263 e. The van der Waals surface area contributed by atoms with Crippen molar-refractivity contribution in [2.24, 2.45) is 0 Å². The number of hydrogen-bond donors (Lipinski definition) is 2. The van der Waals surface area contributed by atoms with E-state index in [0.29, 0.717) is 32.0 Å². The number of anilines is 1. The molecule has 0 spiro atoms. The number of rotatable bonds is 8. The van der Waals surface area contributed by atoms with Gasteiger partial charge in [-0.25, -0.2) is 4.98 Å². The van der Waals surface area contributed by atoms with E-state index in [1.54, 1.807) is 6.20 Å². The molecule has 0 saturated heterocycles. The standard InChI is InChI=1S/C15H20N4O2/c1-3-21-9-5-8-18-15(20)13(10-16)11-19-14-12(2)6-4-7-17-14/h4,6-7,11H,3,5,8-9H2,1-2H3,(H,17,19)(H,18,20)/b13-11-. The van der Waals surface area contributed by atoms with E-state index in [4.69, 9.17) is 10.00 Å². The minimum Gasteiger partial charge on any atom is -0.382 e. The molecular weight excluding hydrogens is 268 g/mol. The Hall–Kier alpha value is -2.39. The van der Waals surface area contributed by atoms with Crippen molar-refractivity contribution in [1.29, 1.82) is 5.26 Å². The minimum absolute atomic E-state index is 0.0106. The summed E-state index contributed by atoms with van der Waals surface area (Å²) in [7, 11) is 0. The molecule has 0 aliphatic carbocycles. The molecule has 0 unspecified atom stereocenters. The number of nitrogens with zero attached hydrogens (tertiary/aromatic N) is 2. The summed E-state index contributed by atoms with van der Waals surface area (Å²) in [6.07, 6.45) is 3.72. The molecule has 21 heavy (non-hydrogen) atoms. The van der Waals surface area contributed by atoms with E-state index in [1.165, 1.54) is 6.20 Å². The molecular formula is C15H20N4O2. The van der Waals surface area contributed by atoms with Gasteiger partial charge in [-0.15, -0.1) is 0 Å². The molecule has 0 bridgehead atoms. The summed E-state index contributed by atoms with van der Waals surface area (Å²) in [4.78, 5) is 15.9. The highest BCUT2D eigenvalue weighted by atomic mass is 16.5. The highest BCUT2D eigenvalue weighted by Crippen LogP contribution is 2.09. The maximum absolute atomic E-state index is 11.8. The van der Waals surface area contributed by atoms with Crippen LogP contribution in [0.3, 0.4) is 0 Å². The molecule has 6 heteroatoms. The average Bonchev–Trinajstić information content (AvgIpc) is 2.49. The van der Waals surface area contributed by atoms with Crippen molar-refractivity contribution in [3.63, 3.8) is 0 Å². The van der Waals surface area contributed by atoms with Gasteiger partial charge < -0.3 is 15.4 Å². The van der Waals surface area contributed by atoms with Crippen LogP contribution in [0.2, 0.25) is 0 Å². The number of pyridine rings is 1. The Bertz CT molecular complexity index is 535. The second-order valence-electron chi connectivity index (χ2n) is 4.29. The Morgan fingerprint density at radius 3 is 3.05 bits per heavy atom. The van der Waals surface area contributed by atoms with Gasteiger partial charge in [-0.2, -0.15) is 5.26 Å². The van der Waals surface area contributed by atoms with Crippen molar-refractivity contribution in [2.45, 2.75) is 20.3 Å². The Kier molecular flexibility index (Phi) is 7.54. The molecule has 0 aliphatic heterocycles. The Morgan fingerprint density at radius 2 is 2.38 bits per heavy atom. The lowest BCUT2D eigenvalue weighted by atomic mass is 10.2. The van der Waals surface area contributed by atoms with Gasteiger partial charge in [-0.3, -0.25) is 4.79 Å². The quantitative estimate of drug-likeness (QED) is 0.432. The van der Waals surface area contributed by atoms with E-state index in [2.05, 4.69) is 15.6 Å². The van der Waals surface area contributed by atoms with Gasteiger partial charge in [-0.1, -0.05) is 6.07 Å². The van der Waals surface area contributed by atoms with Gasteiger partial charge in [0.25, 0.3) is 5.91 Å². The molecule has 1 amide bonds. The van der Waals surface area contributed by atoms with Crippen LogP contribution in [-0.2, 0) is 9.53 Å². The van der Waals surface area contributed by atoms with Gasteiger partial charge in [0.05, 0.1) is 0 Å². The largest absolute Gasteiger partial charge is 0.382 e. The number of aromatic nitrogens is 1. The molecule has 1 aromatic heterocycles. The van der Waals surface area contributed by atoms with Gasteiger partial charge in [0.2, 0.25) is 0 Å². The van der Waals surface area contributed by atoms with Gasteiger partial charge in [-0.05, 0) is 31.9 Å². The number of nitriles is 1. The zero-order valence-electron chi connectivity index (χ0n) is 12.3.